The van der Waals surface area contributed by atoms with Crippen LogP contribution >= 0.6 is 11.3 Å². The first-order valence-electron chi connectivity index (χ1n) is 10.5. The average Bonchev–Trinajstić information content (AvgIpc) is 3.29. The maximum atomic E-state index is 12.5. The number of nitrogens with one attached hydrogen (secondary N) is 1. The Morgan fingerprint density at radius 1 is 1.09 bits per heavy atom. The predicted octanol–water partition coefficient (Wildman–Crippen LogP) is 4.68. The van der Waals surface area contributed by atoms with E-state index in [9.17, 15) is 9.59 Å². The van der Waals surface area contributed by atoms with Crippen LogP contribution in [0.2, 0.25) is 0 Å². The molecule has 0 atom stereocenters. The van der Waals surface area contributed by atoms with Gasteiger partial charge in [0.1, 0.15) is 16.5 Å². The number of anilines is 1. The van der Waals surface area contributed by atoms with Crippen molar-refractivity contribution in [3.05, 3.63) is 83.5 Å². The summed E-state index contributed by atoms with van der Waals surface area (Å²) < 4.78 is 11.3. The topological polar surface area (TPSA) is 116 Å². The van der Waals surface area contributed by atoms with E-state index in [0.717, 1.165) is 16.3 Å². The molecule has 2 aromatic carbocycles. The molecule has 3 N–H and O–H groups in total. The molecule has 172 valence electrons. The van der Waals surface area contributed by atoms with Crippen molar-refractivity contribution in [1.82, 2.24) is 9.97 Å². The summed E-state index contributed by atoms with van der Waals surface area (Å²) in [5.74, 6) is 0.773. The highest BCUT2D eigenvalue weighted by Crippen LogP contribution is 2.32. The molecule has 0 spiro atoms. The van der Waals surface area contributed by atoms with E-state index in [1.54, 1.807) is 30.3 Å². The molecule has 2 aromatic heterocycles. The van der Waals surface area contributed by atoms with Crippen LogP contribution in [0.1, 0.15) is 23.0 Å². The standard InChI is InChI=1S/C25H22N4O4S/c1-2-32-21-9-4-3-8-20(21)25-29-18(15-34-25)13-22(30)28-17-10-11-23(27-14-17)33-19-7-5-6-16(12-19)24(26)31/h3-12,14-15H,2,13H2,1H3,(H2,26,31)(H,28,30). The van der Waals surface area contributed by atoms with Crippen molar-refractivity contribution in [3.63, 3.8) is 0 Å². The number of pyridine rings is 1. The van der Waals surface area contributed by atoms with Gasteiger partial charge in [-0.05, 0) is 43.3 Å². The van der Waals surface area contributed by atoms with E-state index < -0.39 is 5.91 Å². The molecule has 0 saturated heterocycles. The van der Waals surface area contributed by atoms with Gasteiger partial charge < -0.3 is 20.5 Å². The molecule has 0 fully saturated rings. The molecule has 0 saturated carbocycles. The Kier molecular flexibility index (Phi) is 7.14. The number of thiazole rings is 1. The number of ether oxygens (including phenoxy) is 2. The second-order valence-corrected chi connectivity index (χ2v) is 8.04. The molecule has 2 amide bonds. The predicted molar refractivity (Wildman–Crippen MR) is 130 cm³/mol. The van der Waals surface area contributed by atoms with E-state index in [2.05, 4.69) is 15.3 Å². The van der Waals surface area contributed by atoms with E-state index in [1.165, 1.54) is 23.6 Å². The number of nitrogens with two attached hydrogens (primary N) is 1. The van der Waals surface area contributed by atoms with Gasteiger partial charge in [0.05, 0.1) is 36.2 Å². The zero-order valence-corrected chi connectivity index (χ0v) is 19.2. The number of carbonyl (C=O) groups excluding carboxylic acids is 2. The Morgan fingerprint density at radius 2 is 1.94 bits per heavy atom. The van der Waals surface area contributed by atoms with Gasteiger partial charge in [0.2, 0.25) is 17.7 Å². The zero-order chi connectivity index (χ0) is 23.9. The van der Waals surface area contributed by atoms with E-state index in [-0.39, 0.29) is 12.3 Å². The smallest absolute Gasteiger partial charge is 0.248 e. The highest BCUT2D eigenvalue weighted by atomic mass is 32.1. The van der Waals surface area contributed by atoms with Crippen LogP contribution in [0.25, 0.3) is 10.6 Å². The summed E-state index contributed by atoms with van der Waals surface area (Å²) in [5.41, 5.74) is 7.73. The summed E-state index contributed by atoms with van der Waals surface area (Å²) in [6.07, 6.45) is 1.63. The minimum atomic E-state index is -0.540. The number of para-hydroxylation sites is 1. The van der Waals surface area contributed by atoms with Gasteiger partial charge in [0.15, 0.2) is 0 Å². The van der Waals surface area contributed by atoms with Gasteiger partial charge in [-0.3, -0.25) is 9.59 Å². The zero-order valence-electron chi connectivity index (χ0n) is 18.4. The molecule has 0 aliphatic rings. The number of benzene rings is 2. The van der Waals surface area contributed by atoms with Crippen LogP contribution in [0.3, 0.4) is 0 Å². The number of nitrogens with zero attached hydrogens (tertiary/aromatic N) is 2. The number of carbonyl (C=O) groups is 2. The molecule has 0 radical (unpaired) electrons. The number of rotatable bonds is 9. The Morgan fingerprint density at radius 3 is 2.71 bits per heavy atom. The summed E-state index contributed by atoms with van der Waals surface area (Å²) in [6.45, 7) is 2.50. The van der Waals surface area contributed by atoms with E-state index in [0.29, 0.717) is 35.2 Å². The second-order valence-electron chi connectivity index (χ2n) is 7.18. The van der Waals surface area contributed by atoms with Gasteiger partial charge in [-0.25, -0.2) is 9.97 Å². The van der Waals surface area contributed by atoms with E-state index in [1.807, 2.05) is 36.6 Å². The molecule has 8 nitrogen and oxygen atoms in total. The van der Waals surface area contributed by atoms with Crippen molar-refractivity contribution in [2.24, 2.45) is 5.73 Å². The Hall–Kier alpha value is -4.24. The van der Waals surface area contributed by atoms with Gasteiger partial charge in [-0.15, -0.1) is 11.3 Å². The SMILES string of the molecule is CCOc1ccccc1-c1nc(CC(=O)Nc2ccc(Oc3cccc(C(N)=O)c3)nc2)cs1. The first-order valence-corrected chi connectivity index (χ1v) is 11.4. The molecule has 0 aliphatic carbocycles. The van der Waals surface area contributed by atoms with Gasteiger partial charge in [-0.1, -0.05) is 18.2 Å². The van der Waals surface area contributed by atoms with Gasteiger partial charge in [0.25, 0.3) is 0 Å². The average molecular weight is 475 g/mol. The van der Waals surface area contributed by atoms with Crippen LogP contribution in [0.5, 0.6) is 17.4 Å². The maximum absolute atomic E-state index is 12.5. The molecule has 0 aliphatic heterocycles. The molecule has 0 unspecified atom stereocenters. The third-order valence-corrected chi connectivity index (χ3v) is 5.60. The van der Waals surface area contributed by atoms with Gasteiger partial charge in [-0.2, -0.15) is 0 Å². The maximum Gasteiger partial charge on any atom is 0.248 e. The second kappa shape index (κ2) is 10.6. The highest BCUT2D eigenvalue weighted by Gasteiger charge is 2.13. The van der Waals surface area contributed by atoms with E-state index >= 15 is 0 Å². The van der Waals surface area contributed by atoms with Crippen LogP contribution in [-0.4, -0.2) is 28.4 Å². The molecule has 4 aromatic rings. The summed E-state index contributed by atoms with van der Waals surface area (Å²) in [6, 6.07) is 17.5. The van der Waals surface area contributed by atoms with Crippen molar-refractivity contribution >= 4 is 28.8 Å². The van der Waals surface area contributed by atoms with Crippen molar-refractivity contribution in [2.45, 2.75) is 13.3 Å². The lowest BCUT2D eigenvalue weighted by Gasteiger charge is -2.08. The lowest BCUT2D eigenvalue weighted by atomic mass is 10.2. The van der Waals surface area contributed by atoms with Crippen LogP contribution in [-0.2, 0) is 11.2 Å². The monoisotopic (exact) mass is 474 g/mol. The summed E-state index contributed by atoms with van der Waals surface area (Å²) >= 11 is 1.47. The van der Waals surface area contributed by atoms with Crippen LogP contribution in [0, 0.1) is 0 Å². The molecule has 0 bridgehead atoms. The van der Waals surface area contributed by atoms with E-state index in [4.69, 9.17) is 15.2 Å². The fraction of sp³-hybridized carbons (Fsp3) is 0.120. The van der Waals surface area contributed by atoms with Crippen molar-refractivity contribution in [1.29, 1.82) is 0 Å². The van der Waals surface area contributed by atoms with Crippen molar-refractivity contribution < 1.29 is 19.1 Å². The minimum absolute atomic E-state index is 0.130. The number of hydrogen-bond donors (Lipinski definition) is 2. The number of hydrogen-bond acceptors (Lipinski definition) is 7. The molecule has 9 heteroatoms. The number of aromatic nitrogens is 2. The molecule has 34 heavy (non-hydrogen) atoms. The third-order valence-electron chi connectivity index (χ3n) is 4.67. The number of amides is 2. The third kappa shape index (κ3) is 5.76. The normalized spacial score (nSPS) is 10.5. The fourth-order valence-corrected chi connectivity index (χ4v) is 4.00. The first-order chi connectivity index (χ1) is 16.5. The Balaban J connectivity index is 1.36. The van der Waals surface area contributed by atoms with Crippen LogP contribution in [0.15, 0.2) is 72.2 Å². The largest absolute Gasteiger partial charge is 0.493 e. The fourth-order valence-electron chi connectivity index (χ4n) is 3.15. The van der Waals surface area contributed by atoms with Crippen LogP contribution in [0.4, 0.5) is 5.69 Å². The molecule has 2 heterocycles. The van der Waals surface area contributed by atoms with Crippen LogP contribution < -0.4 is 20.5 Å². The Bertz CT molecular complexity index is 1300. The quantitative estimate of drug-likeness (QED) is 0.364. The van der Waals surface area contributed by atoms with Gasteiger partial charge >= 0.3 is 0 Å². The molecular formula is C25H22N4O4S. The molecular weight excluding hydrogens is 452 g/mol. The minimum Gasteiger partial charge on any atom is -0.493 e. The summed E-state index contributed by atoms with van der Waals surface area (Å²) in [7, 11) is 0. The Labute approximate surface area is 200 Å². The molecule has 4 rings (SSSR count). The van der Waals surface area contributed by atoms with Gasteiger partial charge in [0, 0.05) is 17.0 Å². The van der Waals surface area contributed by atoms with Crippen molar-refractivity contribution in [2.75, 3.05) is 11.9 Å². The first kappa shape index (κ1) is 22.9. The van der Waals surface area contributed by atoms with Crippen molar-refractivity contribution in [3.8, 4) is 28.0 Å². The summed E-state index contributed by atoms with van der Waals surface area (Å²) in [4.78, 5) is 32.6. The number of primary amides is 1. The lowest BCUT2D eigenvalue weighted by Crippen LogP contribution is -2.14. The lowest BCUT2D eigenvalue weighted by molar-refractivity contribution is -0.115. The summed E-state index contributed by atoms with van der Waals surface area (Å²) in [5, 5.41) is 5.48. The highest BCUT2D eigenvalue weighted by molar-refractivity contribution is 7.13.